The molecule has 21 heavy (non-hydrogen) atoms. The molecule has 0 bridgehead atoms. The third-order valence-electron chi connectivity index (χ3n) is 3.27. The Balaban J connectivity index is 2.04. The highest BCUT2D eigenvalue weighted by Gasteiger charge is 2.16. The van der Waals surface area contributed by atoms with Crippen LogP contribution in [0.3, 0.4) is 0 Å². The molecule has 0 saturated carbocycles. The fraction of sp³-hybridized carbons (Fsp3) is 0.333. The molecule has 114 valence electrons. The van der Waals surface area contributed by atoms with Crippen molar-refractivity contribution in [2.45, 2.75) is 18.2 Å². The van der Waals surface area contributed by atoms with Crippen LogP contribution >= 0.6 is 0 Å². The van der Waals surface area contributed by atoms with Crippen LogP contribution < -0.4 is 9.46 Å². The lowest BCUT2D eigenvalue weighted by atomic mass is 10.2. The quantitative estimate of drug-likeness (QED) is 0.886. The van der Waals surface area contributed by atoms with Crippen molar-refractivity contribution in [3.05, 3.63) is 47.8 Å². The van der Waals surface area contributed by atoms with Crippen LogP contribution in [0.15, 0.2) is 41.6 Å². The Morgan fingerprint density at radius 1 is 1.29 bits per heavy atom. The summed E-state index contributed by atoms with van der Waals surface area (Å²) in [7, 11) is 0.00385. The van der Waals surface area contributed by atoms with Crippen molar-refractivity contribution in [1.82, 2.24) is 9.29 Å². The number of ether oxygens (including phenoxy) is 1. The van der Waals surface area contributed by atoms with Gasteiger partial charge in [-0.25, -0.2) is 13.1 Å². The average Bonchev–Trinajstić information content (AvgIpc) is 2.83. The first-order valence-electron chi connectivity index (χ1n) is 6.67. The van der Waals surface area contributed by atoms with Crippen molar-refractivity contribution < 1.29 is 13.2 Å². The van der Waals surface area contributed by atoms with Crippen LogP contribution in [0.5, 0.6) is 5.75 Å². The molecular formula is C15H20N2O3S. The Bertz CT molecular complexity index is 720. The molecule has 1 aromatic carbocycles. The number of nitrogens with zero attached hydrogens (tertiary/aromatic N) is 1. The van der Waals surface area contributed by atoms with Gasteiger partial charge in [-0.05, 0) is 48.7 Å². The molecule has 0 radical (unpaired) electrons. The first-order valence-corrected chi connectivity index (χ1v) is 8.16. The summed E-state index contributed by atoms with van der Waals surface area (Å²) in [6, 6.07) is 6.91. The van der Waals surface area contributed by atoms with Gasteiger partial charge in [0.15, 0.2) is 0 Å². The van der Waals surface area contributed by atoms with E-state index in [1.807, 2.05) is 30.1 Å². The monoisotopic (exact) mass is 308 g/mol. The van der Waals surface area contributed by atoms with E-state index in [2.05, 4.69) is 4.72 Å². The summed E-state index contributed by atoms with van der Waals surface area (Å²) in [5, 5.41) is 0. The molecule has 2 rings (SSSR count). The standard InChI is InChI=1S/C15H20N2O3S/c1-12-10-14(20-3)4-5-15(12)21(18,19)16-8-6-13-7-9-17(2)11-13/h4-5,7,9-11,16H,6,8H2,1-3H3. The van der Waals surface area contributed by atoms with Crippen molar-refractivity contribution in [2.24, 2.45) is 7.05 Å². The number of methoxy groups -OCH3 is 1. The number of nitrogens with one attached hydrogen (secondary N) is 1. The number of sulfonamides is 1. The van der Waals surface area contributed by atoms with Gasteiger partial charge in [0.05, 0.1) is 12.0 Å². The number of aromatic nitrogens is 1. The Hall–Kier alpha value is -1.79. The van der Waals surface area contributed by atoms with E-state index in [9.17, 15) is 8.42 Å². The molecule has 5 nitrogen and oxygen atoms in total. The summed E-state index contributed by atoms with van der Waals surface area (Å²) in [6.45, 7) is 2.13. The van der Waals surface area contributed by atoms with Gasteiger partial charge in [0.2, 0.25) is 10.0 Å². The maximum atomic E-state index is 12.3. The number of rotatable bonds is 6. The van der Waals surface area contributed by atoms with Crippen LogP contribution in [0.25, 0.3) is 0 Å². The molecule has 0 amide bonds. The molecule has 2 aromatic rings. The van der Waals surface area contributed by atoms with E-state index >= 15 is 0 Å². The van der Waals surface area contributed by atoms with E-state index in [0.29, 0.717) is 24.3 Å². The van der Waals surface area contributed by atoms with E-state index in [0.717, 1.165) is 5.56 Å². The normalized spacial score (nSPS) is 11.6. The van der Waals surface area contributed by atoms with Crippen molar-refractivity contribution in [3.63, 3.8) is 0 Å². The van der Waals surface area contributed by atoms with Gasteiger partial charge in [-0.2, -0.15) is 0 Å². The second-order valence-electron chi connectivity index (χ2n) is 4.96. The average molecular weight is 308 g/mol. The number of benzene rings is 1. The zero-order valence-corrected chi connectivity index (χ0v) is 13.3. The predicted molar refractivity (Wildman–Crippen MR) is 82.0 cm³/mol. The first kappa shape index (κ1) is 15.6. The van der Waals surface area contributed by atoms with E-state index in [1.54, 1.807) is 32.2 Å². The topological polar surface area (TPSA) is 60.3 Å². The van der Waals surface area contributed by atoms with Gasteiger partial charge in [0.25, 0.3) is 0 Å². The molecule has 0 aliphatic carbocycles. The predicted octanol–water partition coefficient (Wildman–Crippen LogP) is 1.86. The van der Waals surface area contributed by atoms with Gasteiger partial charge in [0.1, 0.15) is 5.75 Å². The third-order valence-corrected chi connectivity index (χ3v) is 4.89. The Morgan fingerprint density at radius 2 is 2.05 bits per heavy atom. The minimum Gasteiger partial charge on any atom is -0.497 e. The smallest absolute Gasteiger partial charge is 0.240 e. The molecule has 0 spiro atoms. The first-order chi connectivity index (χ1) is 9.92. The molecule has 1 heterocycles. The molecular weight excluding hydrogens is 288 g/mol. The summed E-state index contributed by atoms with van der Waals surface area (Å²) in [5.41, 5.74) is 1.77. The maximum absolute atomic E-state index is 12.3. The minimum atomic E-state index is -3.49. The van der Waals surface area contributed by atoms with Crippen LogP contribution in [0, 0.1) is 6.92 Å². The van der Waals surface area contributed by atoms with Crippen LogP contribution in [-0.2, 0) is 23.5 Å². The molecule has 0 aliphatic heterocycles. The van der Waals surface area contributed by atoms with Crippen molar-refractivity contribution in [1.29, 1.82) is 0 Å². The molecule has 0 unspecified atom stereocenters. The highest BCUT2D eigenvalue weighted by atomic mass is 32.2. The highest BCUT2D eigenvalue weighted by molar-refractivity contribution is 7.89. The van der Waals surface area contributed by atoms with Crippen LogP contribution in [0.1, 0.15) is 11.1 Å². The van der Waals surface area contributed by atoms with E-state index in [-0.39, 0.29) is 4.90 Å². The van der Waals surface area contributed by atoms with Crippen molar-refractivity contribution in [3.8, 4) is 5.75 Å². The van der Waals surface area contributed by atoms with Crippen molar-refractivity contribution in [2.75, 3.05) is 13.7 Å². The summed E-state index contributed by atoms with van der Waals surface area (Å²) >= 11 is 0. The lowest BCUT2D eigenvalue weighted by molar-refractivity contribution is 0.414. The zero-order chi connectivity index (χ0) is 15.5. The highest BCUT2D eigenvalue weighted by Crippen LogP contribution is 2.20. The second-order valence-corrected chi connectivity index (χ2v) is 6.70. The Labute approximate surface area is 125 Å². The molecule has 1 N–H and O–H groups in total. The lowest BCUT2D eigenvalue weighted by Gasteiger charge is -2.10. The largest absolute Gasteiger partial charge is 0.497 e. The number of hydrogen-bond donors (Lipinski definition) is 1. The summed E-state index contributed by atoms with van der Waals surface area (Å²) in [4.78, 5) is 0.288. The zero-order valence-electron chi connectivity index (χ0n) is 12.5. The molecule has 0 aliphatic rings. The molecule has 6 heteroatoms. The van der Waals surface area contributed by atoms with Gasteiger partial charge in [-0.3, -0.25) is 0 Å². The van der Waals surface area contributed by atoms with E-state index < -0.39 is 10.0 Å². The fourth-order valence-corrected chi connectivity index (χ4v) is 3.42. The fourth-order valence-electron chi connectivity index (χ4n) is 2.17. The molecule has 0 atom stereocenters. The van der Waals surface area contributed by atoms with Crippen LogP contribution in [0.2, 0.25) is 0 Å². The van der Waals surface area contributed by atoms with Gasteiger partial charge in [-0.15, -0.1) is 0 Å². The molecule has 0 saturated heterocycles. The van der Waals surface area contributed by atoms with Gasteiger partial charge < -0.3 is 9.30 Å². The Kier molecular flexibility index (Phi) is 4.69. The maximum Gasteiger partial charge on any atom is 0.240 e. The van der Waals surface area contributed by atoms with E-state index in [4.69, 9.17) is 4.74 Å². The summed E-state index contributed by atoms with van der Waals surface area (Å²) < 4.78 is 34.2. The van der Waals surface area contributed by atoms with E-state index in [1.165, 1.54) is 0 Å². The van der Waals surface area contributed by atoms with Crippen molar-refractivity contribution >= 4 is 10.0 Å². The van der Waals surface area contributed by atoms with Crippen LogP contribution in [0.4, 0.5) is 0 Å². The summed E-state index contributed by atoms with van der Waals surface area (Å²) in [6.07, 6.45) is 4.58. The lowest BCUT2D eigenvalue weighted by Crippen LogP contribution is -2.26. The second kappa shape index (κ2) is 6.32. The van der Waals surface area contributed by atoms with Gasteiger partial charge in [0, 0.05) is 26.0 Å². The molecule has 1 aromatic heterocycles. The minimum absolute atomic E-state index is 0.288. The SMILES string of the molecule is COc1ccc(S(=O)(=O)NCCc2ccn(C)c2)c(C)c1. The third kappa shape index (κ3) is 3.86. The van der Waals surface area contributed by atoms with Gasteiger partial charge >= 0.3 is 0 Å². The number of hydrogen-bond acceptors (Lipinski definition) is 3. The van der Waals surface area contributed by atoms with Crippen LogP contribution in [-0.4, -0.2) is 26.6 Å². The van der Waals surface area contributed by atoms with Gasteiger partial charge in [-0.1, -0.05) is 0 Å². The number of aryl methyl sites for hydroxylation is 2. The Morgan fingerprint density at radius 3 is 2.62 bits per heavy atom. The molecule has 0 fully saturated rings. The summed E-state index contributed by atoms with van der Waals surface area (Å²) in [5.74, 6) is 0.649.